The van der Waals surface area contributed by atoms with Crippen LogP contribution in [0.2, 0.25) is 0 Å². The second kappa shape index (κ2) is 5.53. The number of nitrogens with zero attached hydrogens (tertiary/aromatic N) is 4. The van der Waals surface area contributed by atoms with Gasteiger partial charge in [0.1, 0.15) is 11.9 Å². The molecular weight excluding hydrogens is 278 g/mol. The lowest BCUT2D eigenvalue weighted by Crippen LogP contribution is -2.46. The third-order valence-corrected chi connectivity index (χ3v) is 4.56. The molecule has 0 aromatic carbocycles. The number of piperidine rings is 1. The van der Waals surface area contributed by atoms with Gasteiger partial charge in [-0.2, -0.15) is 0 Å². The molecule has 6 heteroatoms. The Kier molecular flexibility index (Phi) is 3.38. The molecule has 2 aliphatic heterocycles. The molecule has 0 saturated carbocycles. The summed E-state index contributed by atoms with van der Waals surface area (Å²) in [6.45, 7) is 2.37. The molecule has 114 valence electrons. The number of rotatable bonds is 2. The van der Waals surface area contributed by atoms with Gasteiger partial charge in [0.25, 0.3) is 0 Å². The first-order valence-corrected chi connectivity index (χ1v) is 7.81. The minimum absolute atomic E-state index is 0.134. The van der Waals surface area contributed by atoms with Crippen molar-refractivity contribution in [1.29, 1.82) is 0 Å². The van der Waals surface area contributed by atoms with Crippen LogP contribution in [-0.4, -0.2) is 51.1 Å². The third-order valence-electron chi connectivity index (χ3n) is 4.56. The summed E-state index contributed by atoms with van der Waals surface area (Å²) < 4.78 is 2.06. The second-order valence-corrected chi connectivity index (χ2v) is 5.90. The number of aromatic nitrogens is 3. The summed E-state index contributed by atoms with van der Waals surface area (Å²) in [5.41, 5.74) is 0.885. The standard InChI is InChI=1S/C16H19N5O/c22-16(13-4-3-8-17-13)20-10-6-12(7-11-20)15-19-18-14-5-1-2-9-21(14)15/h1-5,9,12-13,17H,6-8,10-11H2. The lowest BCUT2D eigenvalue weighted by Gasteiger charge is -2.32. The Morgan fingerprint density at radius 1 is 1.23 bits per heavy atom. The topological polar surface area (TPSA) is 62.5 Å². The van der Waals surface area contributed by atoms with Crippen molar-refractivity contribution in [2.24, 2.45) is 0 Å². The molecule has 1 unspecified atom stereocenters. The maximum absolute atomic E-state index is 12.4. The fourth-order valence-electron chi connectivity index (χ4n) is 3.33. The first kappa shape index (κ1) is 13.5. The first-order chi connectivity index (χ1) is 10.8. The molecular formula is C16H19N5O. The van der Waals surface area contributed by atoms with Gasteiger partial charge in [-0.1, -0.05) is 18.2 Å². The Hall–Kier alpha value is -2.21. The molecule has 22 heavy (non-hydrogen) atoms. The van der Waals surface area contributed by atoms with Gasteiger partial charge in [-0.25, -0.2) is 0 Å². The van der Waals surface area contributed by atoms with Gasteiger partial charge < -0.3 is 4.90 Å². The fraction of sp³-hybridized carbons (Fsp3) is 0.438. The summed E-state index contributed by atoms with van der Waals surface area (Å²) in [7, 11) is 0. The van der Waals surface area contributed by atoms with Crippen LogP contribution in [0.3, 0.4) is 0 Å². The van der Waals surface area contributed by atoms with Gasteiger partial charge in [0, 0.05) is 31.7 Å². The third kappa shape index (κ3) is 2.29. The van der Waals surface area contributed by atoms with Crippen LogP contribution in [-0.2, 0) is 4.79 Å². The molecule has 0 aliphatic carbocycles. The Morgan fingerprint density at radius 3 is 2.86 bits per heavy atom. The van der Waals surface area contributed by atoms with E-state index in [1.54, 1.807) is 0 Å². The predicted molar refractivity (Wildman–Crippen MR) is 82.5 cm³/mol. The molecule has 2 aliphatic rings. The van der Waals surface area contributed by atoms with Gasteiger partial charge in [-0.15, -0.1) is 10.2 Å². The van der Waals surface area contributed by atoms with E-state index in [0.29, 0.717) is 5.92 Å². The van der Waals surface area contributed by atoms with Crippen LogP contribution >= 0.6 is 0 Å². The van der Waals surface area contributed by atoms with Crippen molar-refractivity contribution in [3.05, 3.63) is 42.4 Å². The van der Waals surface area contributed by atoms with Crippen molar-refractivity contribution in [2.45, 2.75) is 24.8 Å². The number of carbonyl (C=O) groups is 1. The largest absolute Gasteiger partial charge is 0.341 e. The monoisotopic (exact) mass is 297 g/mol. The zero-order chi connectivity index (χ0) is 14.9. The van der Waals surface area contributed by atoms with Gasteiger partial charge in [0.15, 0.2) is 5.65 Å². The van der Waals surface area contributed by atoms with Gasteiger partial charge in [0.05, 0.1) is 0 Å². The van der Waals surface area contributed by atoms with Crippen LogP contribution in [0.4, 0.5) is 0 Å². The smallest absolute Gasteiger partial charge is 0.243 e. The summed E-state index contributed by atoms with van der Waals surface area (Å²) in [6.07, 6.45) is 7.86. The quantitative estimate of drug-likeness (QED) is 0.839. The Morgan fingerprint density at radius 2 is 2.09 bits per heavy atom. The number of carbonyl (C=O) groups excluding carboxylic acids is 1. The molecule has 6 nitrogen and oxygen atoms in total. The fourth-order valence-corrected chi connectivity index (χ4v) is 3.33. The molecule has 4 rings (SSSR count). The number of likely N-dealkylation sites (tertiary alicyclic amines) is 1. The van der Waals surface area contributed by atoms with E-state index in [1.807, 2.05) is 41.4 Å². The molecule has 1 atom stereocenters. The molecule has 2 aromatic rings. The number of amides is 1. The molecule has 0 spiro atoms. The van der Waals surface area contributed by atoms with Crippen molar-refractivity contribution in [3.63, 3.8) is 0 Å². The molecule has 2 aromatic heterocycles. The van der Waals surface area contributed by atoms with E-state index < -0.39 is 0 Å². The van der Waals surface area contributed by atoms with E-state index in [2.05, 4.69) is 19.9 Å². The number of nitrogens with one attached hydrogen (secondary N) is 1. The average molecular weight is 297 g/mol. The van der Waals surface area contributed by atoms with Crippen LogP contribution < -0.4 is 5.32 Å². The molecule has 1 amide bonds. The molecule has 4 heterocycles. The molecule has 0 bridgehead atoms. The highest BCUT2D eigenvalue weighted by Crippen LogP contribution is 2.27. The van der Waals surface area contributed by atoms with E-state index in [-0.39, 0.29) is 11.9 Å². The van der Waals surface area contributed by atoms with Crippen molar-refractivity contribution < 1.29 is 4.79 Å². The zero-order valence-corrected chi connectivity index (χ0v) is 12.4. The maximum atomic E-state index is 12.4. The molecule has 1 fully saturated rings. The zero-order valence-electron chi connectivity index (χ0n) is 12.4. The summed E-state index contributed by atoms with van der Waals surface area (Å²) in [5.74, 6) is 1.58. The van der Waals surface area contributed by atoms with E-state index in [9.17, 15) is 4.79 Å². The van der Waals surface area contributed by atoms with Crippen LogP contribution in [0, 0.1) is 0 Å². The highest BCUT2D eigenvalue weighted by molar-refractivity contribution is 5.84. The van der Waals surface area contributed by atoms with E-state index in [0.717, 1.165) is 43.9 Å². The number of pyridine rings is 1. The predicted octanol–water partition coefficient (Wildman–Crippen LogP) is 0.963. The number of fused-ring (bicyclic) bond motifs is 1. The van der Waals surface area contributed by atoms with Gasteiger partial charge in [-0.05, 0) is 25.0 Å². The second-order valence-electron chi connectivity index (χ2n) is 5.90. The summed E-state index contributed by atoms with van der Waals surface area (Å²) >= 11 is 0. The Bertz CT molecular complexity index is 714. The van der Waals surface area contributed by atoms with Crippen molar-refractivity contribution >= 4 is 11.6 Å². The first-order valence-electron chi connectivity index (χ1n) is 7.81. The van der Waals surface area contributed by atoms with Crippen molar-refractivity contribution in [1.82, 2.24) is 24.8 Å². The highest BCUT2D eigenvalue weighted by Gasteiger charge is 2.30. The van der Waals surface area contributed by atoms with Gasteiger partial charge in [-0.3, -0.25) is 14.5 Å². The SMILES string of the molecule is O=C(C1C=CCN1)N1CCC(c2nnc3ccccn23)CC1. The van der Waals surface area contributed by atoms with E-state index >= 15 is 0 Å². The summed E-state index contributed by atoms with van der Waals surface area (Å²) in [6, 6.07) is 5.80. The lowest BCUT2D eigenvalue weighted by atomic mass is 9.95. The molecule has 0 radical (unpaired) electrons. The lowest BCUT2D eigenvalue weighted by molar-refractivity contribution is -0.133. The summed E-state index contributed by atoms with van der Waals surface area (Å²) in [4.78, 5) is 14.4. The maximum Gasteiger partial charge on any atom is 0.243 e. The van der Waals surface area contributed by atoms with Gasteiger partial charge in [0.2, 0.25) is 5.91 Å². The van der Waals surface area contributed by atoms with Crippen LogP contribution in [0.25, 0.3) is 5.65 Å². The van der Waals surface area contributed by atoms with E-state index in [4.69, 9.17) is 0 Å². The number of hydrogen-bond donors (Lipinski definition) is 1. The normalized spacial score (nSPS) is 22.5. The van der Waals surface area contributed by atoms with Crippen molar-refractivity contribution in [2.75, 3.05) is 19.6 Å². The average Bonchev–Trinajstić information content (AvgIpc) is 3.24. The minimum atomic E-state index is -0.134. The van der Waals surface area contributed by atoms with Crippen LogP contribution in [0.5, 0.6) is 0 Å². The number of hydrogen-bond acceptors (Lipinski definition) is 4. The van der Waals surface area contributed by atoms with Gasteiger partial charge >= 0.3 is 0 Å². The summed E-state index contributed by atoms with van der Waals surface area (Å²) in [5, 5.41) is 11.8. The molecule has 1 saturated heterocycles. The van der Waals surface area contributed by atoms with Crippen LogP contribution in [0.1, 0.15) is 24.6 Å². The Balaban J connectivity index is 1.45. The highest BCUT2D eigenvalue weighted by atomic mass is 16.2. The van der Waals surface area contributed by atoms with Crippen LogP contribution in [0.15, 0.2) is 36.5 Å². The minimum Gasteiger partial charge on any atom is -0.341 e. The van der Waals surface area contributed by atoms with Crippen molar-refractivity contribution in [3.8, 4) is 0 Å². The Labute approximate surface area is 128 Å². The van der Waals surface area contributed by atoms with E-state index in [1.165, 1.54) is 0 Å². The molecule has 1 N–H and O–H groups in total.